The molecule has 3 rings (SSSR count). The van der Waals surface area contributed by atoms with Crippen molar-refractivity contribution in [1.82, 2.24) is 4.98 Å². The van der Waals surface area contributed by atoms with E-state index < -0.39 is 0 Å². The van der Waals surface area contributed by atoms with Crippen LogP contribution in [0.4, 0.5) is 0 Å². The van der Waals surface area contributed by atoms with E-state index in [0.717, 1.165) is 22.0 Å². The Morgan fingerprint density at radius 3 is 2.86 bits per heavy atom. The smallest absolute Gasteiger partial charge is 0.338 e. The van der Waals surface area contributed by atoms with Gasteiger partial charge < -0.3 is 9.72 Å². The lowest BCUT2D eigenvalue weighted by atomic mass is 9.99. The number of hydrogen-bond donors (Lipinski definition) is 1. The average molecular weight is 300 g/mol. The van der Waals surface area contributed by atoms with Gasteiger partial charge in [-0.1, -0.05) is 23.7 Å². The van der Waals surface area contributed by atoms with Crippen LogP contribution in [0.1, 0.15) is 21.5 Å². The molecule has 3 aromatic rings. The van der Waals surface area contributed by atoms with Crippen molar-refractivity contribution < 1.29 is 9.53 Å². The molecule has 4 heteroatoms. The minimum Gasteiger partial charge on any atom is -0.465 e. The van der Waals surface area contributed by atoms with E-state index >= 15 is 0 Å². The molecule has 0 unspecified atom stereocenters. The number of nitrogens with one attached hydrogen (secondary N) is 1. The lowest BCUT2D eigenvalue weighted by Gasteiger charge is -2.09. The number of benzene rings is 2. The first kappa shape index (κ1) is 13.7. The van der Waals surface area contributed by atoms with E-state index in [1.165, 1.54) is 7.11 Å². The van der Waals surface area contributed by atoms with Gasteiger partial charge in [0.25, 0.3) is 0 Å². The fraction of sp³-hybridized carbons (Fsp3) is 0.118. The molecular weight excluding hydrogens is 286 g/mol. The van der Waals surface area contributed by atoms with Crippen molar-refractivity contribution in [2.45, 2.75) is 6.42 Å². The topological polar surface area (TPSA) is 42.1 Å². The van der Waals surface area contributed by atoms with Crippen molar-refractivity contribution in [2.24, 2.45) is 0 Å². The molecule has 0 fully saturated rings. The van der Waals surface area contributed by atoms with Crippen molar-refractivity contribution in [3.8, 4) is 0 Å². The normalized spacial score (nSPS) is 10.8. The maximum atomic E-state index is 11.9. The third-order valence-electron chi connectivity index (χ3n) is 3.49. The Bertz CT molecular complexity index is 807. The summed E-state index contributed by atoms with van der Waals surface area (Å²) in [5, 5.41) is 1.68. The fourth-order valence-corrected chi connectivity index (χ4v) is 2.61. The van der Waals surface area contributed by atoms with Gasteiger partial charge in [-0.15, -0.1) is 0 Å². The summed E-state index contributed by atoms with van der Waals surface area (Å²) in [6.07, 6.45) is 2.57. The molecule has 1 N–H and O–H groups in total. The molecule has 0 aliphatic rings. The Kier molecular flexibility index (Phi) is 3.67. The number of rotatable bonds is 3. The Labute approximate surface area is 127 Å². The molecule has 0 bridgehead atoms. The van der Waals surface area contributed by atoms with Crippen molar-refractivity contribution >= 4 is 28.5 Å². The monoisotopic (exact) mass is 299 g/mol. The number of methoxy groups -OCH3 is 1. The van der Waals surface area contributed by atoms with Crippen LogP contribution in [0.15, 0.2) is 48.7 Å². The number of carbonyl (C=O) groups excluding carboxylic acids is 1. The molecule has 106 valence electrons. The van der Waals surface area contributed by atoms with Gasteiger partial charge in [0.2, 0.25) is 0 Å². The summed E-state index contributed by atoms with van der Waals surface area (Å²) in [6, 6.07) is 13.5. The lowest BCUT2D eigenvalue weighted by molar-refractivity contribution is 0.0599. The Hall–Kier alpha value is -2.26. The largest absolute Gasteiger partial charge is 0.465 e. The zero-order valence-electron chi connectivity index (χ0n) is 11.5. The number of hydrogen-bond acceptors (Lipinski definition) is 2. The van der Waals surface area contributed by atoms with E-state index in [0.29, 0.717) is 17.0 Å². The van der Waals surface area contributed by atoms with E-state index in [2.05, 4.69) is 17.1 Å². The van der Waals surface area contributed by atoms with Crippen LogP contribution in [0, 0.1) is 0 Å². The molecule has 1 aromatic heterocycles. The number of aromatic amines is 1. The van der Waals surface area contributed by atoms with Gasteiger partial charge in [0.15, 0.2) is 0 Å². The van der Waals surface area contributed by atoms with Gasteiger partial charge in [-0.05, 0) is 53.3 Å². The van der Waals surface area contributed by atoms with Crippen LogP contribution in [0.5, 0.6) is 0 Å². The zero-order valence-corrected chi connectivity index (χ0v) is 12.3. The number of ether oxygens (including phenoxy) is 1. The summed E-state index contributed by atoms with van der Waals surface area (Å²) in [5.74, 6) is -0.366. The van der Waals surface area contributed by atoms with Gasteiger partial charge in [-0.25, -0.2) is 4.79 Å². The summed E-state index contributed by atoms with van der Waals surface area (Å²) in [4.78, 5) is 15.0. The van der Waals surface area contributed by atoms with Gasteiger partial charge >= 0.3 is 5.97 Å². The molecular formula is C17H14ClNO2. The predicted molar refractivity (Wildman–Crippen MR) is 83.9 cm³/mol. The molecule has 0 amide bonds. The van der Waals surface area contributed by atoms with E-state index in [1.54, 1.807) is 12.1 Å². The number of esters is 1. The molecule has 21 heavy (non-hydrogen) atoms. The zero-order chi connectivity index (χ0) is 14.8. The number of aromatic nitrogens is 1. The standard InChI is InChI=1S/C17H14ClNO2/c1-21-17(20)15-10-14(18)4-3-12(15)8-11-2-5-16-13(9-11)6-7-19-16/h2-7,9-10,19H,8H2,1H3. The number of carbonyl (C=O) groups is 1. The summed E-state index contributed by atoms with van der Waals surface area (Å²) >= 11 is 5.97. The van der Waals surface area contributed by atoms with Crippen molar-refractivity contribution in [1.29, 1.82) is 0 Å². The summed E-state index contributed by atoms with van der Waals surface area (Å²) in [5.41, 5.74) is 3.65. The van der Waals surface area contributed by atoms with Gasteiger partial charge in [-0.2, -0.15) is 0 Å². The third kappa shape index (κ3) is 2.78. The summed E-state index contributed by atoms with van der Waals surface area (Å²) in [7, 11) is 1.37. The molecule has 2 aromatic carbocycles. The van der Waals surface area contributed by atoms with Gasteiger partial charge in [0.05, 0.1) is 12.7 Å². The molecule has 1 heterocycles. The van der Waals surface area contributed by atoms with Crippen LogP contribution in [0.2, 0.25) is 5.02 Å². The quantitative estimate of drug-likeness (QED) is 0.737. The van der Waals surface area contributed by atoms with E-state index in [4.69, 9.17) is 16.3 Å². The van der Waals surface area contributed by atoms with Crippen LogP contribution in [-0.4, -0.2) is 18.1 Å². The minimum absolute atomic E-state index is 0.366. The Morgan fingerprint density at radius 1 is 1.19 bits per heavy atom. The van der Waals surface area contributed by atoms with Gasteiger partial charge in [0.1, 0.15) is 0 Å². The molecule has 0 aliphatic carbocycles. The van der Waals surface area contributed by atoms with Crippen LogP contribution >= 0.6 is 11.6 Å². The van der Waals surface area contributed by atoms with E-state index in [1.807, 2.05) is 24.4 Å². The van der Waals surface area contributed by atoms with E-state index in [-0.39, 0.29) is 5.97 Å². The SMILES string of the molecule is COC(=O)c1cc(Cl)ccc1Cc1ccc2[nH]ccc2c1. The molecule has 0 atom stereocenters. The van der Waals surface area contributed by atoms with Crippen molar-refractivity contribution in [3.63, 3.8) is 0 Å². The summed E-state index contributed by atoms with van der Waals surface area (Å²) < 4.78 is 4.82. The second-order valence-corrected chi connectivity index (χ2v) is 5.31. The average Bonchev–Trinajstić information content (AvgIpc) is 2.96. The maximum Gasteiger partial charge on any atom is 0.338 e. The number of halogens is 1. The highest BCUT2D eigenvalue weighted by Gasteiger charge is 2.13. The van der Waals surface area contributed by atoms with Gasteiger partial charge in [0, 0.05) is 16.7 Å². The van der Waals surface area contributed by atoms with Crippen LogP contribution in [0.25, 0.3) is 10.9 Å². The molecule has 0 spiro atoms. The van der Waals surface area contributed by atoms with Gasteiger partial charge in [-0.3, -0.25) is 0 Å². The molecule has 3 nitrogen and oxygen atoms in total. The summed E-state index contributed by atoms with van der Waals surface area (Å²) in [6.45, 7) is 0. The second-order valence-electron chi connectivity index (χ2n) is 4.87. The first-order valence-corrected chi connectivity index (χ1v) is 6.98. The molecule has 0 radical (unpaired) electrons. The lowest BCUT2D eigenvalue weighted by Crippen LogP contribution is -2.06. The van der Waals surface area contributed by atoms with Crippen LogP contribution in [-0.2, 0) is 11.2 Å². The van der Waals surface area contributed by atoms with Crippen molar-refractivity contribution in [2.75, 3.05) is 7.11 Å². The Morgan fingerprint density at radius 2 is 2.05 bits per heavy atom. The number of H-pyrrole nitrogens is 1. The number of fused-ring (bicyclic) bond motifs is 1. The predicted octanol–water partition coefficient (Wildman–Crippen LogP) is 4.20. The molecule has 0 aliphatic heterocycles. The highest BCUT2D eigenvalue weighted by atomic mass is 35.5. The third-order valence-corrected chi connectivity index (χ3v) is 3.72. The van der Waals surface area contributed by atoms with Crippen LogP contribution < -0.4 is 0 Å². The Balaban J connectivity index is 1.98. The highest BCUT2D eigenvalue weighted by Crippen LogP contribution is 2.22. The van der Waals surface area contributed by atoms with E-state index in [9.17, 15) is 4.79 Å². The maximum absolute atomic E-state index is 11.9. The first-order chi connectivity index (χ1) is 10.2. The highest BCUT2D eigenvalue weighted by molar-refractivity contribution is 6.31. The van der Waals surface area contributed by atoms with Crippen molar-refractivity contribution in [3.05, 3.63) is 70.4 Å². The fourth-order valence-electron chi connectivity index (χ4n) is 2.44. The molecule has 0 saturated carbocycles. The first-order valence-electron chi connectivity index (χ1n) is 6.60. The van der Waals surface area contributed by atoms with Crippen LogP contribution in [0.3, 0.4) is 0 Å². The second kappa shape index (κ2) is 5.62. The minimum atomic E-state index is -0.366. The molecule has 0 saturated heterocycles.